The summed E-state index contributed by atoms with van der Waals surface area (Å²) in [4.78, 5) is 17.5. The van der Waals surface area contributed by atoms with Gasteiger partial charge in [-0.05, 0) is 36.8 Å². The number of carboxylic acid groups (broad SMARTS) is 1. The Balaban J connectivity index is 2.26. The number of carboxylic acids is 1. The van der Waals surface area contributed by atoms with Gasteiger partial charge in [-0.1, -0.05) is 13.8 Å². The van der Waals surface area contributed by atoms with Crippen molar-refractivity contribution in [1.29, 1.82) is 0 Å². The molecule has 2 rings (SSSR count). The third-order valence-electron chi connectivity index (χ3n) is 3.50. The normalized spacial score (nSPS) is 18.7. The van der Waals surface area contributed by atoms with E-state index >= 15 is 0 Å². The summed E-state index contributed by atoms with van der Waals surface area (Å²) in [6.07, 6.45) is 3.84. The van der Waals surface area contributed by atoms with Crippen LogP contribution in [0.25, 0.3) is 0 Å². The molecule has 4 nitrogen and oxygen atoms in total. The van der Waals surface area contributed by atoms with Crippen molar-refractivity contribution in [3.8, 4) is 0 Å². The molecule has 0 amide bonds. The van der Waals surface area contributed by atoms with Gasteiger partial charge in [0.1, 0.15) is 5.82 Å². The van der Waals surface area contributed by atoms with Gasteiger partial charge in [-0.2, -0.15) is 0 Å². The largest absolute Gasteiger partial charge is 0.478 e. The first kappa shape index (κ1) is 12.9. The van der Waals surface area contributed by atoms with Gasteiger partial charge in [0.25, 0.3) is 0 Å². The average Bonchev–Trinajstić information content (AvgIpc) is 2.27. The molecule has 1 saturated heterocycles. The number of pyridine rings is 1. The maximum atomic E-state index is 10.9. The average molecular weight is 248 g/mol. The van der Waals surface area contributed by atoms with E-state index in [0.717, 1.165) is 30.9 Å². The minimum atomic E-state index is -0.920. The zero-order valence-corrected chi connectivity index (χ0v) is 11.2. The summed E-state index contributed by atoms with van der Waals surface area (Å²) in [5.41, 5.74) is 1.50. The highest BCUT2D eigenvalue weighted by Gasteiger charge is 2.27. The summed E-state index contributed by atoms with van der Waals surface area (Å²) < 4.78 is 0. The molecule has 2 heterocycles. The molecule has 0 aliphatic carbocycles. The second kappa shape index (κ2) is 4.59. The van der Waals surface area contributed by atoms with E-state index in [-0.39, 0.29) is 5.56 Å². The number of nitrogens with zero attached hydrogens (tertiary/aromatic N) is 2. The zero-order chi connectivity index (χ0) is 13.3. The van der Waals surface area contributed by atoms with E-state index in [0.29, 0.717) is 5.41 Å². The Morgan fingerprint density at radius 2 is 2.22 bits per heavy atom. The summed E-state index contributed by atoms with van der Waals surface area (Å²) in [5, 5.41) is 8.94. The molecule has 1 aromatic heterocycles. The van der Waals surface area contributed by atoms with E-state index in [1.165, 1.54) is 12.6 Å². The van der Waals surface area contributed by atoms with Gasteiger partial charge in [0.2, 0.25) is 0 Å². The third kappa shape index (κ3) is 2.63. The third-order valence-corrected chi connectivity index (χ3v) is 3.50. The van der Waals surface area contributed by atoms with E-state index in [9.17, 15) is 4.79 Å². The van der Waals surface area contributed by atoms with Crippen LogP contribution in [0.4, 0.5) is 5.82 Å². The topological polar surface area (TPSA) is 53.4 Å². The van der Waals surface area contributed by atoms with Crippen LogP contribution in [0.1, 0.15) is 42.6 Å². The van der Waals surface area contributed by atoms with Crippen LogP contribution in [-0.4, -0.2) is 29.1 Å². The molecule has 1 aliphatic rings. The Hall–Kier alpha value is -1.58. The van der Waals surface area contributed by atoms with Crippen LogP contribution in [0.15, 0.2) is 12.3 Å². The van der Waals surface area contributed by atoms with Crippen molar-refractivity contribution in [2.45, 2.75) is 33.6 Å². The molecule has 0 spiro atoms. The lowest BCUT2D eigenvalue weighted by Gasteiger charge is -2.39. The van der Waals surface area contributed by atoms with Gasteiger partial charge in [0, 0.05) is 19.3 Å². The van der Waals surface area contributed by atoms with Gasteiger partial charge >= 0.3 is 5.97 Å². The van der Waals surface area contributed by atoms with Crippen LogP contribution in [0.5, 0.6) is 0 Å². The molecular formula is C14H20N2O2. The van der Waals surface area contributed by atoms with E-state index < -0.39 is 5.97 Å². The molecule has 1 aliphatic heterocycles. The molecule has 98 valence electrons. The van der Waals surface area contributed by atoms with Gasteiger partial charge < -0.3 is 10.0 Å². The van der Waals surface area contributed by atoms with E-state index in [4.69, 9.17) is 5.11 Å². The highest BCUT2D eigenvalue weighted by molar-refractivity contribution is 5.87. The van der Waals surface area contributed by atoms with Crippen molar-refractivity contribution in [2.24, 2.45) is 5.41 Å². The molecule has 18 heavy (non-hydrogen) atoms. The standard InChI is InChI=1S/C14H20N2O2/c1-10-7-11(13(17)18)8-15-12(10)16-6-4-5-14(2,3)9-16/h7-8H,4-6,9H2,1-3H3,(H,17,18). The summed E-state index contributed by atoms with van der Waals surface area (Å²) in [5.74, 6) is 0.00361. The van der Waals surface area contributed by atoms with Crippen molar-refractivity contribution in [1.82, 2.24) is 4.98 Å². The highest BCUT2D eigenvalue weighted by Crippen LogP contribution is 2.31. The van der Waals surface area contributed by atoms with Gasteiger partial charge in [-0.25, -0.2) is 9.78 Å². The number of hydrogen-bond acceptors (Lipinski definition) is 3. The number of piperidine rings is 1. The molecule has 0 atom stereocenters. The monoisotopic (exact) mass is 248 g/mol. The first-order valence-corrected chi connectivity index (χ1v) is 6.34. The number of rotatable bonds is 2. The lowest BCUT2D eigenvalue weighted by molar-refractivity contribution is 0.0696. The molecule has 0 bridgehead atoms. The van der Waals surface area contributed by atoms with Gasteiger partial charge in [0.15, 0.2) is 0 Å². The Bertz CT molecular complexity index is 469. The second-order valence-electron chi connectivity index (χ2n) is 5.86. The second-order valence-corrected chi connectivity index (χ2v) is 5.86. The van der Waals surface area contributed by atoms with Crippen LogP contribution in [0.2, 0.25) is 0 Å². The van der Waals surface area contributed by atoms with Crippen molar-refractivity contribution in [3.63, 3.8) is 0 Å². The lowest BCUT2D eigenvalue weighted by atomic mass is 9.84. The number of aromatic carboxylic acids is 1. The van der Waals surface area contributed by atoms with Crippen LogP contribution < -0.4 is 4.90 Å². The van der Waals surface area contributed by atoms with Crippen molar-refractivity contribution >= 4 is 11.8 Å². The van der Waals surface area contributed by atoms with Crippen molar-refractivity contribution in [2.75, 3.05) is 18.0 Å². The lowest BCUT2D eigenvalue weighted by Crippen LogP contribution is -2.40. The summed E-state index contributed by atoms with van der Waals surface area (Å²) >= 11 is 0. The van der Waals surface area contributed by atoms with Crippen LogP contribution in [0, 0.1) is 12.3 Å². The minimum absolute atomic E-state index is 0.257. The van der Waals surface area contributed by atoms with Crippen molar-refractivity contribution < 1.29 is 9.90 Å². The molecule has 1 aromatic rings. The molecule has 0 saturated carbocycles. The number of aromatic nitrogens is 1. The van der Waals surface area contributed by atoms with Crippen molar-refractivity contribution in [3.05, 3.63) is 23.4 Å². The van der Waals surface area contributed by atoms with Crippen LogP contribution >= 0.6 is 0 Å². The fraction of sp³-hybridized carbons (Fsp3) is 0.571. The number of anilines is 1. The molecule has 1 fully saturated rings. The minimum Gasteiger partial charge on any atom is -0.478 e. The zero-order valence-electron chi connectivity index (χ0n) is 11.2. The van der Waals surface area contributed by atoms with Crippen LogP contribution in [0.3, 0.4) is 0 Å². The maximum absolute atomic E-state index is 10.9. The fourth-order valence-electron chi connectivity index (χ4n) is 2.62. The van der Waals surface area contributed by atoms with Gasteiger partial charge in [0.05, 0.1) is 5.56 Å². The van der Waals surface area contributed by atoms with Gasteiger partial charge in [-0.3, -0.25) is 0 Å². The highest BCUT2D eigenvalue weighted by atomic mass is 16.4. The quantitative estimate of drug-likeness (QED) is 0.874. The molecule has 0 aromatic carbocycles. The number of carbonyl (C=O) groups is 1. The van der Waals surface area contributed by atoms with E-state index in [2.05, 4.69) is 23.7 Å². The Kier molecular flexibility index (Phi) is 3.28. The number of hydrogen-bond donors (Lipinski definition) is 1. The number of aryl methyl sites for hydroxylation is 1. The van der Waals surface area contributed by atoms with E-state index in [1.54, 1.807) is 6.07 Å². The molecule has 4 heteroatoms. The summed E-state index contributed by atoms with van der Waals surface area (Å²) in [7, 11) is 0. The molecular weight excluding hydrogens is 228 g/mol. The predicted octanol–water partition coefficient (Wildman–Crippen LogP) is 2.71. The smallest absolute Gasteiger partial charge is 0.337 e. The van der Waals surface area contributed by atoms with Gasteiger partial charge in [-0.15, -0.1) is 0 Å². The maximum Gasteiger partial charge on any atom is 0.337 e. The summed E-state index contributed by atoms with van der Waals surface area (Å²) in [6, 6.07) is 1.70. The Morgan fingerprint density at radius 3 is 2.78 bits per heavy atom. The Morgan fingerprint density at radius 1 is 1.50 bits per heavy atom. The Labute approximate surface area is 108 Å². The molecule has 1 N–H and O–H groups in total. The molecule has 0 radical (unpaired) electrons. The first-order valence-electron chi connectivity index (χ1n) is 6.34. The fourth-order valence-corrected chi connectivity index (χ4v) is 2.62. The first-order chi connectivity index (χ1) is 8.39. The molecule has 0 unspecified atom stereocenters. The summed E-state index contributed by atoms with van der Waals surface area (Å²) in [6.45, 7) is 8.44. The van der Waals surface area contributed by atoms with Crippen LogP contribution in [-0.2, 0) is 0 Å². The predicted molar refractivity (Wildman–Crippen MR) is 71.2 cm³/mol. The SMILES string of the molecule is Cc1cc(C(=O)O)cnc1N1CCCC(C)(C)C1. The van der Waals surface area contributed by atoms with E-state index in [1.807, 2.05) is 6.92 Å².